The van der Waals surface area contributed by atoms with Gasteiger partial charge in [-0.25, -0.2) is 0 Å². The van der Waals surface area contributed by atoms with Crippen molar-refractivity contribution in [3.63, 3.8) is 0 Å². The summed E-state index contributed by atoms with van der Waals surface area (Å²) in [6, 6.07) is 9.32. The average Bonchev–Trinajstić information content (AvgIpc) is 2.35. The lowest BCUT2D eigenvalue weighted by Crippen LogP contribution is -2.64. The summed E-state index contributed by atoms with van der Waals surface area (Å²) in [6.07, 6.45) is -0.287. The van der Waals surface area contributed by atoms with Crippen molar-refractivity contribution in [1.29, 1.82) is 0 Å². The standard InChI is InChI=1S/C12H12N2O3S/c13-9(15)6-12(10(16)18-11(12)17)14-7-8-4-2-1-3-5-8/h1-5,14H,6-7H2,(H2,13,15). The molecule has 1 aliphatic heterocycles. The number of thioether (sulfide) groups is 1. The van der Waals surface area contributed by atoms with Gasteiger partial charge < -0.3 is 5.73 Å². The quantitative estimate of drug-likeness (QED) is 0.741. The summed E-state index contributed by atoms with van der Waals surface area (Å²) in [5.41, 5.74) is 4.59. The molecule has 1 amide bonds. The zero-order chi connectivity index (χ0) is 13.2. The van der Waals surface area contributed by atoms with Crippen LogP contribution in [0.15, 0.2) is 30.3 Å². The van der Waals surface area contributed by atoms with Crippen molar-refractivity contribution in [3.8, 4) is 0 Å². The first-order chi connectivity index (χ1) is 8.54. The van der Waals surface area contributed by atoms with Gasteiger partial charge in [0, 0.05) is 6.54 Å². The minimum Gasteiger partial charge on any atom is -0.370 e. The van der Waals surface area contributed by atoms with E-state index in [0.29, 0.717) is 18.3 Å². The van der Waals surface area contributed by atoms with E-state index in [1.54, 1.807) is 0 Å². The van der Waals surface area contributed by atoms with Crippen LogP contribution in [0.1, 0.15) is 12.0 Å². The smallest absolute Gasteiger partial charge is 0.225 e. The van der Waals surface area contributed by atoms with Crippen LogP contribution in [0.25, 0.3) is 0 Å². The molecule has 3 N–H and O–H groups in total. The highest BCUT2D eigenvalue weighted by molar-refractivity contribution is 8.30. The van der Waals surface area contributed by atoms with Gasteiger partial charge >= 0.3 is 0 Å². The van der Waals surface area contributed by atoms with Crippen molar-refractivity contribution in [1.82, 2.24) is 5.32 Å². The molecule has 1 aliphatic rings. The third-order valence-electron chi connectivity index (χ3n) is 2.76. The van der Waals surface area contributed by atoms with E-state index in [-0.39, 0.29) is 16.7 Å². The number of carbonyl (C=O) groups is 3. The van der Waals surface area contributed by atoms with Gasteiger partial charge in [-0.15, -0.1) is 0 Å². The Kier molecular flexibility index (Phi) is 3.49. The number of rotatable bonds is 5. The van der Waals surface area contributed by atoms with Gasteiger partial charge in [-0.1, -0.05) is 30.3 Å². The Labute approximate surface area is 108 Å². The fourth-order valence-electron chi connectivity index (χ4n) is 1.76. The van der Waals surface area contributed by atoms with E-state index < -0.39 is 11.4 Å². The zero-order valence-corrected chi connectivity index (χ0v) is 10.3. The Bertz CT molecular complexity index is 487. The maximum atomic E-state index is 11.6. The third kappa shape index (κ3) is 2.30. The molecule has 0 unspecified atom stereocenters. The molecule has 94 valence electrons. The number of amides is 1. The van der Waals surface area contributed by atoms with Crippen LogP contribution in [-0.2, 0) is 20.9 Å². The minimum absolute atomic E-state index is 0.287. The van der Waals surface area contributed by atoms with Gasteiger partial charge in [0.2, 0.25) is 16.1 Å². The van der Waals surface area contributed by atoms with Crippen molar-refractivity contribution in [2.75, 3.05) is 0 Å². The van der Waals surface area contributed by atoms with E-state index in [1.807, 2.05) is 30.3 Å². The van der Waals surface area contributed by atoms with Crippen LogP contribution in [0.4, 0.5) is 0 Å². The summed E-state index contributed by atoms with van der Waals surface area (Å²) in [6.45, 7) is 0.339. The van der Waals surface area contributed by atoms with Crippen molar-refractivity contribution in [2.45, 2.75) is 18.5 Å². The van der Waals surface area contributed by atoms with Gasteiger partial charge in [0.1, 0.15) is 0 Å². The number of nitrogens with one attached hydrogen (secondary N) is 1. The number of nitrogens with two attached hydrogens (primary N) is 1. The second-order valence-corrected chi connectivity index (χ2v) is 5.01. The monoisotopic (exact) mass is 264 g/mol. The van der Waals surface area contributed by atoms with Crippen LogP contribution >= 0.6 is 11.8 Å². The summed E-state index contributed by atoms with van der Waals surface area (Å²) < 4.78 is 0. The third-order valence-corrected chi connectivity index (χ3v) is 3.83. The molecule has 0 radical (unpaired) electrons. The second-order valence-electron chi connectivity index (χ2n) is 4.06. The molecular weight excluding hydrogens is 252 g/mol. The van der Waals surface area contributed by atoms with E-state index in [4.69, 9.17) is 5.73 Å². The molecule has 0 aromatic heterocycles. The van der Waals surface area contributed by atoms with Crippen LogP contribution < -0.4 is 11.1 Å². The minimum atomic E-state index is -1.42. The SMILES string of the molecule is NC(=O)CC1(NCc2ccccc2)C(=O)SC1=O. The number of hydrogen-bond donors (Lipinski definition) is 2. The van der Waals surface area contributed by atoms with Gasteiger partial charge in [0.25, 0.3) is 0 Å². The molecule has 0 spiro atoms. The van der Waals surface area contributed by atoms with Gasteiger partial charge in [0.05, 0.1) is 6.42 Å². The topological polar surface area (TPSA) is 89.3 Å². The fourth-order valence-corrected chi connectivity index (χ4v) is 2.59. The van der Waals surface area contributed by atoms with Crippen molar-refractivity contribution in [2.24, 2.45) is 5.73 Å². The van der Waals surface area contributed by atoms with Crippen LogP contribution in [0, 0.1) is 0 Å². The van der Waals surface area contributed by atoms with Crippen molar-refractivity contribution >= 4 is 27.9 Å². The summed E-state index contributed by atoms with van der Waals surface area (Å²) >= 11 is 0.619. The van der Waals surface area contributed by atoms with Crippen LogP contribution in [0.3, 0.4) is 0 Å². The van der Waals surface area contributed by atoms with E-state index in [9.17, 15) is 14.4 Å². The van der Waals surface area contributed by atoms with Crippen molar-refractivity contribution in [3.05, 3.63) is 35.9 Å². The van der Waals surface area contributed by atoms with Crippen LogP contribution in [0.5, 0.6) is 0 Å². The van der Waals surface area contributed by atoms with Gasteiger partial charge in [-0.3, -0.25) is 19.7 Å². The summed E-state index contributed by atoms with van der Waals surface area (Å²) in [4.78, 5) is 34.2. The maximum absolute atomic E-state index is 11.6. The molecule has 6 heteroatoms. The number of benzene rings is 1. The summed E-state index contributed by atoms with van der Waals surface area (Å²) in [5, 5.41) is 2.17. The number of primary amides is 1. The largest absolute Gasteiger partial charge is 0.370 e. The first-order valence-electron chi connectivity index (χ1n) is 5.38. The molecule has 1 aromatic carbocycles. The predicted molar refractivity (Wildman–Crippen MR) is 67.4 cm³/mol. The van der Waals surface area contributed by atoms with E-state index >= 15 is 0 Å². The molecule has 0 aliphatic carbocycles. The lowest BCUT2D eigenvalue weighted by atomic mass is 9.96. The van der Waals surface area contributed by atoms with E-state index in [2.05, 4.69) is 5.32 Å². The lowest BCUT2D eigenvalue weighted by molar-refractivity contribution is -0.134. The Hall–Kier alpha value is -1.66. The lowest BCUT2D eigenvalue weighted by Gasteiger charge is -2.36. The molecule has 1 fully saturated rings. The molecule has 1 aromatic rings. The van der Waals surface area contributed by atoms with Crippen LogP contribution in [0.2, 0.25) is 0 Å². The van der Waals surface area contributed by atoms with E-state index in [0.717, 1.165) is 5.56 Å². The molecule has 18 heavy (non-hydrogen) atoms. The molecular formula is C12H12N2O3S. The highest BCUT2D eigenvalue weighted by Crippen LogP contribution is 2.36. The van der Waals surface area contributed by atoms with Crippen molar-refractivity contribution < 1.29 is 14.4 Å². The summed E-state index contributed by atoms with van der Waals surface area (Å²) in [7, 11) is 0. The molecule has 0 saturated carbocycles. The molecule has 5 nitrogen and oxygen atoms in total. The molecule has 1 saturated heterocycles. The van der Waals surface area contributed by atoms with Gasteiger partial charge in [0.15, 0.2) is 5.54 Å². The van der Waals surface area contributed by atoms with Gasteiger partial charge in [-0.05, 0) is 17.3 Å². The van der Waals surface area contributed by atoms with Gasteiger partial charge in [-0.2, -0.15) is 0 Å². The Morgan fingerprint density at radius 1 is 1.22 bits per heavy atom. The maximum Gasteiger partial charge on any atom is 0.225 e. The number of hydrogen-bond acceptors (Lipinski definition) is 5. The first kappa shape index (κ1) is 12.8. The number of carbonyl (C=O) groups excluding carboxylic acids is 3. The average molecular weight is 264 g/mol. The Morgan fingerprint density at radius 3 is 2.33 bits per heavy atom. The second kappa shape index (κ2) is 4.91. The predicted octanol–water partition coefficient (Wildman–Crippen LogP) is 0.190. The van der Waals surface area contributed by atoms with E-state index in [1.165, 1.54) is 0 Å². The highest BCUT2D eigenvalue weighted by Gasteiger charge is 2.56. The molecule has 0 bridgehead atoms. The Morgan fingerprint density at radius 2 is 1.83 bits per heavy atom. The molecule has 2 rings (SSSR count). The molecule has 1 heterocycles. The normalized spacial score (nSPS) is 17.3. The zero-order valence-electron chi connectivity index (χ0n) is 9.51. The fraction of sp³-hybridized carbons (Fsp3) is 0.250. The highest BCUT2D eigenvalue weighted by atomic mass is 32.2. The molecule has 0 atom stereocenters. The van der Waals surface area contributed by atoms with Crippen LogP contribution in [-0.4, -0.2) is 21.7 Å². The summed E-state index contributed by atoms with van der Waals surface area (Å²) in [5.74, 6) is -0.669. The Balaban J connectivity index is 2.10. The first-order valence-corrected chi connectivity index (χ1v) is 6.20.